The molecule has 1 unspecified atom stereocenters. The molecule has 8 nitrogen and oxygen atoms in total. The molecule has 0 radical (unpaired) electrons. The molecule has 1 aromatic heterocycles. The van der Waals surface area contributed by atoms with Gasteiger partial charge in [0.2, 0.25) is 11.8 Å². The zero-order chi connectivity index (χ0) is 18.2. The molecule has 0 aliphatic carbocycles. The number of thioether (sulfide) groups is 1. The molecule has 3 rings (SSSR count). The first-order valence-electron chi connectivity index (χ1n) is 7.67. The maximum Gasteiger partial charge on any atom is 0.241 e. The van der Waals surface area contributed by atoms with Crippen molar-refractivity contribution < 1.29 is 9.59 Å². The minimum absolute atomic E-state index is 0.246. The summed E-state index contributed by atoms with van der Waals surface area (Å²) in [4.78, 5) is 22.5. The van der Waals surface area contributed by atoms with Crippen molar-refractivity contribution >= 4 is 28.7 Å². The third-order valence-corrected chi connectivity index (χ3v) is 4.95. The van der Waals surface area contributed by atoms with E-state index in [0.29, 0.717) is 10.9 Å². The first-order chi connectivity index (χ1) is 11.8. The molecule has 1 aliphatic heterocycles. The number of hydrogen-bond donors (Lipinski definition) is 1. The van der Waals surface area contributed by atoms with Crippen molar-refractivity contribution in [2.24, 2.45) is 5.10 Å². The Bertz CT molecular complexity index is 863. The van der Waals surface area contributed by atoms with Crippen molar-refractivity contribution in [2.45, 2.75) is 32.6 Å². The Morgan fingerprint density at radius 3 is 2.48 bits per heavy atom. The highest BCUT2D eigenvalue weighted by Crippen LogP contribution is 2.45. The van der Waals surface area contributed by atoms with Gasteiger partial charge in [-0.1, -0.05) is 23.4 Å². The second-order valence-corrected chi connectivity index (χ2v) is 7.16. The van der Waals surface area contributed by atoms with Crippen LogP contribution in [0.15, 0.2) is 35.4 Å². The van der Waals surface area contributed by atoms with Crippen LogP contribution in [-0.4, -0.2) is 37.0 Å². The lowest BCUT2D eigenvalue weighted by molar-refractivity contribution is -0.132. The maximum atomic E-state index is 12.1. The van der Waals surface area contributed by atoms with E-state index in [1.165, 1.54) is 30.6 Å². The zero-order valence-electron chi connectivity index (χ0n) is 14.3. The average molecular weight is 358 g/mol. The van der Waals surface area contributed by atoms with Gasteiger partial charge in [0.15, 0.2) is 10.0 Å². The number of nitrogens with zero attached hydrogens (tertiary/aromatic N) is 5. The molecule has 0 bridgehead atoms. The number of amides is 2. The second-order valence-electron chi connectivity index (χ2n) is 5.77. The Labute approximate surface area is 149 Å². The van der Waals surface area contributed by atoms with Gasteiger partial charge in [-0.2, -0.15) is 0 Å². The summed E-state index contributed by atoms with van der Waals surface area (Å²) in [6.45, 7) is 6.55. The zero-order valence-corrected chi connectivity index (χ0v) is 15.2. The molecule has 0 spiro atoms. The molecule has 0 fully saturated rings. The van der Waals surface area contributed by atoms with Crippen LogP contribution >= 0.6 is 11.8 Å². The Hall–Kier alpha value is -2.68. The molecule has 0 saturated carbocycles. The molecule has 2 aromatic rings. The molecular weight excluding hydrogens is 340 g/mol. The van der Waals surface area contributed by atoms with Crippen LogP contribution in [0.2, 0.25) is 0 Å². The van der Waals surface area contributed by atoms with Crippen LogP contribution in [0, 0.1) is 6.92 Å². The fraction of sp³-hybridized carbons (Fsp3) is 0.312. The van der Waals surface area contributed by atoms with Gasteiger partial charge in [-0.3, -0.25) is 9.59 Å². The van der Waals surface area contributed by atoms with Gasteiger partial charge in [0.05, 0.1) is 11.4 Å². The number of amidine groups is 1. The molecule has 2 amide bonds. The predicted octanol–water partition coefficient (Wildman–Crippen LogP) is 1.75. The normalized spacial score (nSPS) is 19.7. The highest BCUT2D eigenvalue weighted by Gasteiger charge is 2.47. The molecule has 25 heavy (non-hydrogen) atoms. The van der Waals surface area contributed by atoms with Crippen LogP contribution in [0.5, 0.6) is 0 Å². The van der Waals surface area contributed by atoms with Gasteiger partial charge in [0, 0.05) is 13.8 Å². The van der Waals surface area contributed by atoms with E-state index in [4.69, 9.17) is 0 Å². The van der Waals surface area contributed by atoms with Gasteiger partial charge in [0.1, 0.15) is 5.69 Å². The lowest BCUT2D eigenvalue weighted by atomic mass is 10.1. The molecular formula is C16H18N6O2S. The summed E-state index contributed by atoms with van der Waals surface area (Å²) in [5.41, 5.74) is 2.29. The van der Waals surface area contributed by atoms with Gasteiger partial charge >= 0.3 is 0 Å². The SMILES string of the molecule is CC(=O)NC1=NN(C(C)=O)C(C)(c2nnn(-c3ccccc3)c2C)S1. The van der Waals surface area contributed by atoms with Crippen molar-refractivity contribution in [2.75, 3.05) is 0 Å². The van der Waals surface area contributed by atoms with Gasteiger partial charge in [-0.15, -0.1) is 10.2 Å². The van der Waals surface area contributed by atoms with E-state index in [0.717, 1.165) is 11.4 Å². The minimum Gasteiger partial charge on any atom is -0.304 e. The number of rotatable bonds is 2. The van der Waals surface area contributed by atoms with E-state index >= 15 is 0 Å². The van der Waals surface area contributed by atoms with Crippen LogP contribution in [-0.2, 0) is 14.5 Å². The highest BCUT2D eigenvalue weighted by atomic mass is 32.2. The third-order valence-electron chi connectivity index (χ3n) is 3.81. The molecule has 9 heteroatoms. The van der Waals surface area contributed by atoms with Gasteiger partial charge in [-0.05, 0) is 37.7 Å². The number of carbonyl (C=O) groups is 2. The molecule has 2 heterocycles. The summed E-state index contributed by atoms with van der Waals surface area (Å²) in [5, 5.41) is 17.1. The second kappa shape index (κ2) is 6.32. The average Bonchev–Trinajstić information content (AvgIpc) is 3.09. The Balaban J connectivity index is 2.02. The molecule has 1 aromatic carbocycles. The van der Waals surface area contributed by atoms with Crippen molar-refractivity contribution in [1.82, 2.24) is 25.3 Å². The number of aromatic nitrogens is 3. The van der Waals surface area contributed by atoms with E-state index < -0.39 is 4.87 Å². The van der Waals surface area contributed by atoms with Crippen LogP contribution in [0.25, 0.3) is 5.69 Å². The fourth-order valence-electron chi connectivity index (χ4n) is 2.73. The largest absolute Gasteiger partial charge is 0.304 e. The Morgan fingerprint density at radius 2 is 1.88 bits per heavy atom. The summed E-state index contributed by atoms with van der Waals surface area (Å²) < 4.78 is 1.72. The molecule has 1 atom stereocenters. The third kappa shape index (κ3) is 3.02. The summed E-state index contributed by atoms with van der Waals surface area (Å²) in [6.07, 6.45) is 0. The lowest BCUT2D eigenvalue weighted by Crippen LogP contribution is -2.38. The van der Waals surface area contributed by atoms with E-state index in [2.05, 4.69) is 20.7 Å². The minimum atomic E-state index is -0.888. The number of benzene rings is 1. The van der Waals surface area contributed by atoms with Crippen LogP contribution in [0.1, 0.15) is 32.2 Å². The first kappa shape index (κ1) is 17.2. The molecule has 130 valence electrons. The van der Waals surface area contributed by atoms with Gasteiger partial charge < -0.3 is 5.32 Å². The quantitative estimate of drug-likeness (QED) is 0.883. The van der Waals surface area contributed by atoms with Crippen molar-refractivity contribution in [3.8, 4) is 5.69 Å². The molecule has 1 aliphatic rings. The summed E-state index contributed by atoms with van der Waals surface area (Å²) in [6, 6.07) is 9.62. The van der Waals surface area contributed by atoms with E-state index in [9.17, 15) is 9.59 Å². The van der Waals surface area contributed by atoms with Crippen molar-refractivity contribution in [3.63, 3.8) is 0 Å². The van der Waals surface area contributed by atoms with Crippen molar-refractivity contribution in [1.29, 1.82) is 0 Å². The number of para-hydroxylation sites is 1. The fourth-order valence-corrected chi connectivity index (χ4v) is 3.97. The predicted molar refractivity (Wildman–Crippen MR) is 94.8 cm³/mol. The molecule has 0 saturated heterocycles. The smallest absolute Gasteiger partial charge is 0.241 e. The number of hydrazone groups is 1. The number of hydrogen-bond acceptors (Lipinski definition) is 6. The monoisotopic (exact) mass is 358 g/mol. The van der Waals surface area contributed by atoms with Gasteiger partial charge in [-0.25, -0.2) is 9.69 Å². The summed E-state index contributed by atoms with van der Waals surface area (Å²) in [7, 11) is 0. The van der Waals surface area contributed by atoms with Crippen molar-refractivity contribution in [3.05, 3.63) is 41.7 Å². The van der Waals surface area contributed by atoms with Crippen LogP contribution < -0.4 is 5.32 Å². The summed E-state index contributed by atoms with van der Waals surface area (Å²) >= 11 is 1.26. The lowest BCUT2D eigenvalue weighted by Gasteiger charge is -2.29. The maximum absolute atomic E-state index is 12.1. The topological polar surface area (TPSA) is 92.5 Å². The molecule has 1 N–H and O–H groups in total. The Morgan fingerprint density at radius 1 is 1.20 bits per heavy atom. The number of carbonyl (C=O) groups excluding carboxylic acids is 2. The van der Waals surface area contributed by atoms with Crippen LogP contribution in [0.3, 0.4) is 0 Å². The number of nitrogens with one attached hydrogen (secondary N) is 1. The summed E-state index contributed by atoms with van der Waals surface area (Å²) in [5.74, 6) is -0.493. The van der Waals surface area contributed by atoms with Crippen LogP contribution in [0.4, 0.5) is 0 Å². The first-order valence-corrected chi connectivity index (χ1v) is 8.49. The van der Waals surface area contributed by atoms with E-state index in [-0.39, 0.29) is 11.8 Å². The van der Waals surface area contributed by atoms with E-state index in [1.807, 2.05) is 44.2 Å². The van der Waals surface area contributed by atoms with E-state index in [1.54, 1.807) is 4.68 Å². The highest BCUT2D eigenvalue weighted by molar-refractivity contribution is 8.14. The standard InChI is InChI=1S/C16H18N6O2S/c1-10-14(18-20-21(10)13-8-6-5-7-9-13)16(4)22(12(3)24)19-15(25-16)17-11(2)23/h5-9H,1-4H3,(H,17,19,23). The van der Waals surface area contributed by atoms with Gasteiger partial charge in [0.25, 0.3) is 0 Å². The Kier molecular flexibility index (Phi) is 4.34.